The lowest BCUT2D eigenvalue weighted by molar-refractivity contribution is 0.539. The van der Waals surface area contributed by atoms with Crippen molar-refractivity contribution in [2.45, 2.75) is 0 Å². The van der Waals surface area contributed by atoms with Crippen molar-refractivity contribution in [2.75, 3.05) is 14.1 Å². The number of carbonyl (C=O) groups excluding carboxylic acids is 1. The van der Waals surface area contributed by atoms with E-state index in [0.717, 1.165) is 0 Å². The van der Waals surface area contributed by atoms with Crippen molar-refractivity contribution in [2.24, 2.45) is 0 Å². The fourth-order valence-corrected chi connectivity index (χ4v) is 0.105. The van der Waals surface area contributed by atoms with Crippen LogP contribution in [0.4, 0.5) is 0 Å². The molecule has 0 unspecified atom stereocenters. The Balaban J connectivity index is 0. The first-order chi connectivity index (χ1) is 3.77. The van der Waals surface area contributed by atoms with E-state index in [4.69, 9.17) is 0 Å². The fourth-order valence-electron chi connectivity index (χ4n) is 0.105. The van der Waals surface area contributed by atoms with Gasteiger partial charge in [0.05, 0.1) is 6.20 Å². The molecule has 4 heteroatoms. The van der Waals surface area contributed by atoms with Crippen molar-refractivity contribution < 1.29 is 4.79 Å². The van der Waals surface area contributed by atoms with Gasteiger partial charge in [0.1, 0.15) is 5.94 Å². The molecule has 0 fully saturated rings. The maximum Gasteiger partial charge on any atom is 0.142 e. The maximum atomic E-state index is 9.39. The number of hydrogen-bond acceptors (Lipinski definition) is 2. The smallest absolute Gasteiger partial charge is 0.142 e. The Morgan fingerprint density at radius 3 is 1.88 bits per heavy atom. The third kappa shape index (κ3) is 15.9. The van der Waals surface area contributed by atoms with Gasteiger partial charge in [-0.1, -0.05) is 0 Å². The SMILES string of the molecule is CN(C)C=C=O.II. The van der Waals surface area contributed by atoms with Crippen LogP contribution in [0, 0.1) is 0 Å². The minimum atomic E-state index is 1.32. The van der Waals surface area contributed by atoms with Gasteiger partial charge in [-0.3, -0.25) is 0 Å². The Kier molecular flexibility index (Phi) is 15.3. The van der Waals surface area contributed by atoms with Crippen molar-refractivity contribution in [1.82, 2.24) is 4.90 Å². The summed E-state index contributed by atoms with van der Waals surface area (Å²) in [4.78, 5) is 11.0. The summed E-state index contributed by atoms with van der Waals surface area (Å²) in [5.74, 6) is 1.62. The highest BCUT2D eigenvalue weighted by Gasteiger charge is 1.67. The summed E-state index contributed by atoms with van der Waals surface area (Å²) < 4.78 is 0. The van der Waals surface area contributed by atoms with Gasteiger partial charge in [0.2, 0.25) is 0 Å². The molecule has 0 saturated heterocycles. The zero-order valence-electron chi connectivity index (χ0n) is 4.69. The van der Waals surface area contributed by atoms with E-state index in [1.807, 2.05) is 0 Å². The van der Waals surface area contributed by atoms with Crippen molar-refractivity contribution in [3.63, 3.8) is 0 Å². The third-order valence-corrected chi connectivity index (χ3v) is 0.311. The van der Waals surface area contributed by atoms with Gasteiger partial charge in [-0.15, -0.1) is 0 Å². The molecule has 0 heterocycles. The first kappa shape index (κ1) is 11.5. The van der Waals surface area contributed by atoms with Crippen molar-refractivity contribution in [3.05, 3.63) is 6.20 Å². The van der Waals surface area contributed by atoms with Crippen LogP contribution >= 0.6 is 37.2 Å². The van der Waals surface area contributed by atoms with Crippen molar-refractivity contribution >= 4 is 43.2 Å². The van der Waals surface area contributed by atoms with Gasteiger partial charge in [-0.05, 0) is 0 Å². The van der Waals surface area contributed by atoms with Gasteiger partial charge >= 0.3 is 0 Å². The van der Waals surface area contributed by atoms with Crippen LogP contribution in [0.15, 0.2) is 6.20 Å². The molecule has 0 aromatic rings. The molecule has 0 atom stereocenters. The quantitative estimate of drug-likeness (QED) is 0.535. The molecule has 0 amide bonds. The van der Waals surface area contributed by atoms with Crippen LogP contribution in [-0.2, 0) is 4.79 Å². The van der Waals surface area contributed by atoms with Crippen LogP contribution in [0.2, 0.25) is 0 Å². The molecule has 0 aliphatic heterocycles. The summed E-state index contributed by atoms with van der Waals surface area (Å²) in [6.07, 6.45) is 1.32. The molecule has 0 aromatic carbocycles. The zero-order chi connectivity index (χ0) is 6.99. The summed E-state index contributed by atoms with van der Waals surface area (Å²) in [5, 5.41) is 0. The van der Waals surface area contributed by atoms with Crippen molar-refractivity contribution in [3.8, 4) is 0 Å². The molecule has 48 valence electrons. The molecule has 0 rings (SSSR count). The highest BCUT2D eigenvalue weighted by Crippen LogP contribution is 1.89. The van der Waals surface area contributed by atoms with Crippen LogP contribution in [0.25, 0.3) is 0 Å². The minimum absolute atomic E-state index is 1.32. The van der Waals surface area contributed by atoms with Crippen LogP contribution in [0.3, 0.4) is 0 Å². The summed E-state index contributed by atoms with van der Waals surface area (Å²) in [6, 6.07) is 0. The van der Waals surface area contributed by atoms with Crippen molar-refractivity contribution in [1.29, 1.82) is 0 Å². The molecular formula is C4H7I2NO. The lowest BCUT2D eigenvalue weighted by atomic mass is 10.8. The summed E-state index contributed by atoms with van der Waals surface area (Å²) in [5.41, 5.74) is 0. The van der Waals surface area contributed by atoms with Gasteiger partial charge in [-0.25, -0.2) is 4.79 Å². The predicted molar refractivity (Wildman–Crippen MR) is 52.0 cm³/mol. The van der Waals surface area contributed by atoms with Gasteiger partial charge in [0.25, 0.3) is 0 Å². The lowest BCUT2D eigenvalue weighted by Crippen LogP contribution is -1.99. The normalized spacial score (nSPS) is 5.50. The van der Waals surface area contributed by atoms with Crippen LogP contribution in [0.1, 0.15) is 0 Å². The van der Waals surface area contributed by atoms with E-state index in [2.05, 4.69) is 37.2 Å². The molecule has 0 aliphatic carbocycles. The monoisotopic (exact) mass is 339 g/mol. The van der Waals surface area contributed by atoms with Gasteiger partial charge in [0, 0.05) is 51.3 Å². The van der Waals surface area contributed by atoms with E-state index in [1.165, 1.54) is 6.20 Å². The topological polar surface area (TPSA) is 20.3 Å². The molecule has 0 bridgehead atoms. The van der Waals surface area contributed by atoms with Crippen LogP contribution < -0.4 is 0 Å². The Bertz CT molecular complexity index is 78.1. The second kappa shape index (κ2) is 10.6. The number of halogens is 2. The Morgan fingerprint density at radius 2 is 1.88 bits per heavy atom. The Morgan fingerprint density at radius 1 is 1.50 bits per heavy atom. The summed E-state index contributed by atoms with van der Waals surface area (Å²) in [6.45, 7) is 0. The maximum absolute atomic E-state index is 9.39. The van der Waals surface area contributed by atoms with E-state index < -0.39 is 0 Å². The highest BCUT2D eigenvalue weighted by molar-refractivity contribution is 15.0. The molecule has 0 radical (unpaired) electrons. The Labute approximate surface area is 72.6 Å². The molecule has 2 nitrogen and oxygen atoms in total. The number of nitrogens with zero attached hydrogens (tertiary/aromatic N) is 1. The predicted octanol–water partition coefficient (Wildman–Crippen LogP) is 1.66. The average molecular weight is 339 g/mol. The fraction of sp³-hybridized carbons (Fsp3) is 0.500. The average Bonchev–Trinajstić information content (AvgIpc) is 1.72. The number of hydrogen-bond donors (Lipinski definition) is 0. The van der Waals surface area contributed by atoms with Crippen LogP contribution in [0.5, 0.6) is 0 Å². The Hall–Kier alpha value is 0.710. The molecule has 0 aliphatic rings. The van der Waals surface area contributed by atoms with E-state index in [-0.39, 0.29) is 0 Å². The second-order valence-electron chi connectivity index (χ2n) is 1.21. The highest BCUT2D eigenvalue weighted by atomic mass is 128. The molecule has 0 N–H and O–H groups in total. The van der Waals surface area contributed by atoms with E-state index >= 15 is 0 Å². The first-order valence-corrected chi connectivity index (χ1v) is 8.07. The lowest BCUT2D eigenvalue weighted by Gasteiger charge is -1.96. The molecular weight excluding hydrogens is 332 g/mol. The van der Waals surface area contributed by atoms with Gasteiger partial charge in [-0.2, -0.15) is 0 Å². The standard InChI is InChI=1S/C4H7NO.I2/c1-5(2)3-4-6;1-2/h3H,1-2H3;. The first-order valence-electron chi connectivity index (χ1n) is 1.79. The minimum Gasteiger partial charge on any atom is -0.375 e. The van der Waals surface area contributed by atoms with E-state index in [0.29, 0.717) is 0 Å². The van der Waals surface area contributed by atoms with E-state index in [9.17, 15) is 4.79 Å². The number of rotatable bonds is 1. The molecule has 0 aromatic heterocycles. The molecule has 0 saturated carbocycles. The molecule has 8 heavy (non-hydrogen) atoms. The molecule has 0 spiro atoms. The second-order valence-corrected chi connectivity index (χ2v) is 1.21. The van der Waals surface area contributed by atoms with Crippen LogP contribution in [-0.4, -0.2) is 24.9 Å². The zero-order valence-corrected chi connectivity index (χ0v) is 9.00. The summed E-state index contributed by atoms with van der Waals surface area (Å²) >= 11 is 4.24. The summed E-state index contributed by atoms with van der Waals surface area (Å²) in [7, 11) is 3.54. The third-order valence-electron chi connectivity index (χ3n) is 0.311. The van der Waals surface area contributed by atoms with Gasteiger partial charge < -0.3 is 4.90 Å². The van der Waals surface area contributed by atoms with Gasteiger partial charge in [0.15, 0.2) is 0 Å². The largest absolute Gasteiger partial charge is 0.375 e. The van der Waals surface area contributed by atoms with E-state index in [1.54, 1.807) is 24.9 Å².